The molecule has 0 radical (unpaired) electrons. The van der Waals surface area contributed by atoms with Crippen LogP contribution in [-0.2, 0) is 9.53 Å². The Hall–Kier alpha value is -2.39. The van der Waals surface area contributed by atoms with Crippen LogP contribution in [0.4, 0.5) is 10.5 Å². The molecule has 1 N–H and O–H groups in total. The van der Waals surface area contributed by atoms with E-state index in [9.17, 15) is 24.8 Å². The molecule has 0 spiro atoms. The van der Waals surface area contributed by atoms with Crippen LogP contribution >= 0.6 is 11.8 Å². The van der Waals surface area contributed by atoms with E-state index in [0.717, 1.165) is 11.0 Å². The Morgan fingerprint density at radius 1 is 1.45 bits per heavy atom. The van der Waals surface area contributed by atoms with E-state index in [2.05, 4.69) is 0 Å². The van der Waals surface area contributed by atoms with E-state index in [4.69, 9.17) is 4.74 Å². The quantitative estimate of drug-likeness (QED) is 0.501. The minimum atomic E-state index is -0.625. The number of benzene rings is 1. The SMILES string of the molecule is COCCN1C(=O)S/C(=C/c2cc(O)ccc2[N+](=O)[O-])C1=O. The van der Waals surface area contributed by atoms with E-state index in [-0.39, 0.29) is 35.1 Å². The van der Waals surface area contributed by atoms with Crippen LogP contribution in [0.25, 0.3) is 6.08 Å². The van der Waals surface area contributed by atoms with Gasteiger partial charge in [-0.15, -0.1) is 0 Å². The topological polar surface area (TPSA) is 110 Å². The fraction of sp³-hybridized carbons (Fsp3) is 0.231. The molecule has 1 heterocycles. The van der Waals surface area contributed by atoms with Gasteiger partial charge in [0.1, 0.15) is 5.75 Å². The molecule has 8 nitrogen and oxygen atoms in total. The van der Waals surface area contributed by atoms with Gasteiger partial charge in [0.2, 0.25) is 0 Å². The molecular formula is C13H12N2O6S. The number of nitro groups is 1. The molecule has 1 aromatic carbocycles. The fourth-order valence-corrected chi connectivity index (χ4v) is 2.70. The van der Waals surface area contributed by atoms with E-state index in [1.807, 2.05) is 0 Å². The zero-order valence-corrected chi connectivity index (χ0v) is 12.3. The van der Waals surface area contributed by atoms with Gasteiger partial charge < -0.3 is 9.84 Å². The number of methoxy groups -OCH3 is 1. The van der Waals surface area contributed by atoms with Crippen LogP contribution in [-0.4, -0.2) is 46.3 Å². The van der Waals surface area contributed by atoms with E-state index >= 15 is 0 Å². The van der Waals surface area contributed by atoms with Crippen LogP contribution in [0, 0.1) is 10.1 Å². The van der Waals surface area contributed by atoms with Crippen molar-refractivity contribution in [2.24, 2.45) is 0 Å². The Bertz CT molecular complexity index is 672. The molecule has 1 aliphatic heterocycles. The Balaban J connectivity index is 2.34. The van der Waals surface area contributed by atoms with Gasteiger partial charge in [0, 0.05) is 13.2 Å². The van der Waals surface area contributed by atoms with Crippen LogP contribution < -0.4 is 0 Å². The molecule has 0 saturated carbocycles. The molecule has 116 valence electrons. The van der Waals surface area contributed by atoms with Gasteiger partial charge in [-0.2, -0.15) is 0 Å². The molecule has 22 heavy (non-hydrogen) atoms. The van der Waals surface area contributed by atoms with Crippen molar-refractivity contribution in [2.75, 3.05) is 20.3 Å². The number of amides is 2. The first kappa shape index (κ1) is 16.0. The standard InChI is InChI=1S/C13H12N2O6S/c1-21-5-4-14-12(17)11(22-13(14)18)7-8-6-9(16)2-3-10(8)15(19)20/h2-3,6-7,16H,4-5H2,1H3/b11-7+. The highest BCUT2D eigenvalue weighted by atomic mass is 32.2. The maximum Gasteiger partial charge on any atom is 0.293 e. The first-order valence-electron chi connectivity index (χ1n) is 6.15. The predicted octanol–water partition coefficient (Wildman–Crippen LogP) is 1.98. The minimum Gasteiger partial charge on any atom is -0.508 e. The third-order valence-electron chi connectivity index (χ3n) is 2.89. The third kappa shape index (κ3) is 3.26. The van der Waals surface area contributed by atoms with Crippen molar-refractivity contribution >= 4 is 34.7 Å². The molecule has 9 heteroatoms. The van der Waals surface area contributed by atoms with Gasteiger partial charge in [-0.25, -0.2) is 0 Å². The average Bonchev–Trinajstić information content (AvgIpc) is 2.71. The van der Waals surface area contributed by atoms with Gasteiger partial charge in [-0.05, 0) is 30.0 Å². The Kier molecular flexibility index (Phi) is 4.78. The molecular weight excluding hydrogens is 312 g/mol. The fourth-order valence-electron chi connectivity index (χ4n) is 1.84. The molecule has 1 saturated heterocycles. The number of carbonyl (C=O) groups excluding carboxylic acids is 2. The van der Waals surface area contributed by atoms with E-state index < -0.39 is 16.1 Å². The summed E-state index contributed by atoms with van der Waals surface area (Å²) in [7, 11) is 1.45. The van der Waals surface area contributed by atoms with Gasteiger partial charge in [0.25, 0.3) is 16.8 Å². The molecule has 0 aliphatic carbocycles. The molecule has 0 bridgehead atoms. The van der Waals surface area contributed by atoms with Gasteiger partial charge in [-0.1, -0.05) is 0 Å². The lowest BCUT2D eigenvalue weighted by Crippen LogP contribution is -2.31. The lowest BCUT2D eigenvalue weighted by atomic mass is 10.1. The molecule has 1 aromatic rings. The Morgan fingerprint density at radius 2 is 2.18 bits per heavy atom. The van der Waals surface area contributed by atoms with Crippen LogP contribution in [0.3, 0.4) is 0 Å². The second kappa shape index (κ2) is 6.58. The summed E-state index contributed by atoms with van der Waals surface area (Å²) in [6, 6.07) is 3.48. The second-order valence-electron chi connectivity index (χ2n) is 4.33. The number of nitro benzene ring substituents is 1. The smallest absolute Gasteiger partial charge is 0.293 e. The van der Waals surface area contributed by atoms with Gasteiger partial charge in [0.05, 0.1) is 28.5 Å². The number of imide groups is 1. The van der Waals surface area contributed by atoms with Crippen molar-refractivity contribution in [2.45, 2.75) is 0 Å². The monoisotopic (exact) mass is 324 g/mol. The maximum absolute atomic E-state index is 12.1. The zero-order chi connectivity index (χ0) is 16.3. The van der Waals surface area contributed by atoms with Crippen LogP contribution in [0.5, 0.6) is 5.75 Å². The Morgan fingerprint density at radius 3 is 2.82 bits per heavy atom. The molecule has 1 fully saturated rings. The molecule has 1 aliphatic rings. The number of rotatable bonds is 5. The molecule has 2 rings (SSSR count). The molecule has 0 unspecified atom stereocenters. The number of thioether (sulfide) groups is 1. The predicted molar refractivity (Wildman–Crippen MR) is 79.3 cm³/mol. The van der Waals surface area contributed by atoms with E-state index in [0.29, 0.717) is 11.8 Å². The highest BCUT2D eigenvalue weighted by Gasteiger charge is 2.35. The zero-order valence-electron chi connectivity index (χ0n) is 11.5. The lowest BCUT2D eigenvalue weighted by molar-refractivity contribution is -0.385. The summed E-state index contributed by atoms with van der Waals surface area (Å²) in [6.45, 7) is 0.318. The number of carbonyl (C=O) groups is 2. The normalized spacial score (nSPS) is 16.6. The summed E-state index contributed by atoms with van der Waals surface area (Å²) in [5.41, 5.74) is -0.205. The van der Waals surface area contributed by atoms with Gasteiger partial charge >= 0.3 is 0 Å². The van der Waals surface area contributed by atoms with Crippen molar-refractivity contribution in [3.63, 3.8) is 0 Å². The second-order valence-corrected chi connectivity index (χ2v) is 5.32. The number of aromatic hydroxyl groups is 1. The molecule has 0 atom stereocenters. The summed E-state index contributed by atoms with van der Waals surface area (Å²) >= 11 is 0.692. The summed E-state index contributed by atoms with van der Waals surface area (Å²) in [5, 5.41) is 19.9. The van der Waals surface area contributed by atoms with Crippen LogP contribution in [0.2, 0.25) is 0 Å². The van der Waals surface area contributed by atoms with Crippen molar-refractivity contribution in [1.82, 2.24) is 4.90 Å². The summed E-state index contributed by atoms with van der Waals surface area (Å²) in [6.07, 6.45) is 1.23. The number of ether oxygens (including phenoxy) is 1. The number of hydrogen-bond donors (Lipinski definition) is 1. The maximum atomic E-state index is 12.1. The number of phenolic OH excluding ortho intramolecular Hbond substituents is 1. The Labute approximate surface area is 129 Å². The average molecular weight is 324 g/mol. The third-order valence-corrected chi connectivity index (χ3v) is 3.79. The summed E-state index contributed by atoms with van der Waals surface area (Å²) in [4.78, 5) is 35.3. The van der Waals surface area contributed by atoms with Crippen LogP contribution in [0.1, 0.15) is 5.56 Å². The van der Waals surface area contributed by atoms with Gasteiger partial charge in [-0.3, -0.25) is 24.6 Å². The number of phenols is 1. The summed E-state index contributed by atoms with van der Waals surface area (Å²) in [5.74, 6) is -0.708. The first-order chi connectivity index (χ1) is 10.4. The largest absolute Gasteiger partial charge is 0.508 e. The van der Waals surface area contributed by atoms with Crippen molar-refractivity contribution < 1.29 is 24.4 Å². The van der Waals surface area contributed by atoms with Crippen molar-refractivity contribution in [1.29, 1.82) is 0 Å². The molecule has 0 aromatic heterocycles. The van der Waals surface area contributed by atoms with Crippen molar-refractivity contribution in [3.05, 3.63) is 38.8 Å². The summed E-state index contributed by atoms with van der Waals surface area (Å²) < 4.78 is 4.82. The number of hydrogen-bond acceptors (Lipinski definition) is 7. The first-order valence-corrected chi connectivity index (χ1v) is 6.97. The number of nitrogens with zero attached hydrogens (tertiary/aromatic N) is 2. The highest BCUT2D eigenvalue weighted by Crippen LogP contribution is 2.34. The molecule has 2 amide bonds. The van der Waals surface area contributed by atoms with Crippen molar-refractivity contribution in [3.8, 4) is 5.75 Å². The van der Waals surface area contributed by atoms with Gasteiger partial charge in [0.15, 0.2) is 0 Å². The lowest BCUT2D eigenvalue weighted by Gasteiger charge is -2.10. The van der Waals surface area contributed by atoms with Crippen LogP contribution in [0.15, 0.2) is 23.1 Å². The highest BCUT2D eigenvalue weighted by molar-refractivity contribution is 8.18. The van der Waals surface area contributed by atoms with E-state index in [1.54, 1.807) is 0 Å². The van der Waals surface area contributed by atoms with E-state index in [1.165, 1.54) is 25.3 Å². The minimum absolute atomic E-state index is 0.0576.